The van der Waals surface area contributed by atoms with Crippen molar-refractivity contribution in [2.45, 2.75) is 94.0 Å². The average Bonchev–Trinajstić information content (AvgIpc) is 3.27. The first kappa shape index (κ1) is 30.0. The zero-order valence-electron chi connectivity index (χ0n) is 23.6. The highest BCUT2D eigenvalue weighted by Gasteiger charge is 2.70. The smallest absolute Gasteiger partial charge is 0.348 e. The predicted octanol–water partition coefficient (Wildman–Crippen LogP) is 0.0889. The Bertz CT molecular complexity index is 1340. The highest BCUT2D eigenvalue weighted by atomic mass is 16.6. The van der Waals surface area contributed by atoms with E-state index in [1.165, 1.54) is 0 Å². The third-order valence-corrected chi connectivity index (χ3v) is 8.94. The third-order valence-electron chi connectivity index (χ3n) is 8.94. The number of hydrogen-bond acceptors (Lipinski definition) is 12. The highest BCUT2D eigenvalue weighted by Crippen LogP contribution is 2.64. The zero-order valence-corrected chi connectivity index (χ0v) is 23.6. The molecular formula is C29H35NO12. The Hall–Kier alpha value is -3.52. The van der Waals surface area contributed by atoms with E-state index in [4.69, 9.17) is 24.1 Å². The van der Waals surface area contributed by atoms with Gasteiger partial charge in [0.05, 0.1) is 24.0 Å². The number of likely N-dealkylation sites (tertiary alicyclic amines) is 1. The lowest BCUT2D eigenvalue weighted by Gasteiger charge is -2.56. The molecule has 4 N–H and O–H groups in total. The van der Waals surface area contributed by atoms with Gasteiger partial charge in [0.15, 0.2) is 12.2 Å². The molecule has 1 fully saturated rings. The van der Waals surface area contributed by atoms with Crippen molar-refractivity contribution in [3.8, 4) is 5.75 Å². The molecule has 2 heterocycles. The fourth-order valence-corrected chi connectivity index (χ4v) is 6.92. The Kier molecular flexibility index (Phi) is 7.81. The first-order valence-electron chi connectivity index (χ1n) is 13.9. The molecule has 2 bridgehead atoms. The van der Waals surface area contributed by atoms with E-state index >= 15 is 0 Å². The Balaban J connectivity index is 1.46. The summed E-state index contributed by atoms with van der Waals surface area (Å²) >= 11 is 0. The number of carboxylic acid groups (broad SMARTS) is 1. The number of esters is 3. The van der Waals surface area contributed by atoms with Crippen LogP contribution in [0.25, 0.3) is 0 Å². The van der Waals surface area contributed by atoms with Crippen LogP contribution in [0.15, 0.2) is 24.0 Å². The monoisotopic (exact) mass is 589 g/mol. The molecule has 1 aromatic rings. The van der Waals surface area contributed by atoms with E-state index in [9.17, 15) is 34.5 Å². The van der Waals surface area contributed by atoms with Crippen LogP contribution in [-0.2, 0) is 51.8 Å². The molecule has 7 atom stereocenters. The molecule has 0 unspecified atom stereocenters. The summed E-state index contributed by atoms with van der Waals surface area (Å²) in [6.07, 6.45) is -3.31. The minimum Gasteiger partial charge on any atom is -0.481 e. The van der Waals surface area contributed by atoms with E-state index in [0.717, 1.165) is 37.9 Å². The van der Waals surface area contributed by atoms with E-state index in [1.54, 1.807) is 12.1 Å². The summed E-state index contributed by atoms with van der Waals surface area (Å²) in [5.41, 5.74) is 0.0967. The Morgan fingerprint density at radius 1 is 1.17 bits per heavy atom. The van der Waals surface area contributed by atoms with Gasteiger partial charge in [-0.1, -0.05) is 12.1 Å². The minimum atomic E-state index is -1.89. The Morgan fingerprint density at radius 3 is 2.57 bits per heavy atom. The number of carbonyl (C=O) groups is 4. The van der Waals surface area contributed by atoms with E-state index in [2.05, 4.69) is 4.90 Å². The van der Waals surface area contributed by atoms with E-state index in [0.29, 0.717) is 24.2 Å². The second-order valence-corrected chi connectivity index (χ2v) is 11.5. The van der Waals surface area contributed by atoms with Gasteiger partial charge in [-0.15, -0.1) is 0 Å². The van der Waals surface area contributed by atoms with Crippen molar-refractivity contribution in [2.75, 3.05) is 13.6 Å². The first-order valence-corrected chi connectivity index (χ1v) is 13.9. The number of aliphatic hydroxyl groups is 3. The maximum atomic E-state index is 13.2. The first-order chi connectivity index (χ1) is 19.8. The molecule has 0 radical (unpaired) electrons. The van der Waals surface area contributed by atoms with Crippen molar-refractivity contribution in [1.82, 2.24) is 4.90 Å². The largest absolute Gasteiger partial charge is 0.481 e. The summed E-state index contributed by atoms with van der Waals surface area (Å²) in [4.78, 5) is 51.2. The van der Waals surface area contributed by atoms with Gasteiger partial charge in [0, 0.05) is 23.6 Å². The fraction of sp³-hybridized carbons (Fsp3) is 0.586. The molecule has 5 rings (SSSR count). The maximum absolute atomic E-state index is 13.2. The van der Waals surface area contributed by atoms with Gasteiger partial charge in [0.25, 0.3) is 0 Å². The quantitative estimate of drug-likeness (QED) is 0.224. The standard InChI is InChI=1S/C29H35NO12/c1-14(32)26(36)41-19(27(37)39-15(2)25(34)35)12-21(33)40-18-7-9-29(38)20-11-16-5-6-17(13-31)23-22(16)28(29,24(18)42-23)8-4-10-30(20)3/h5-7,14-15,19-20,24,31-32,38H,4,8-13H2,1-3H3,(H,34,35)/t14-,15-,19-,20+,24-,28-,29+/m0/s1. The summed E-state index contributed by atoms with van der Waals surface area (Å²) in [6, 6.07) is 3.49. The number of ether oxygens (including phenoxy) is 4. The summed E-state index contributed by atoms with van der Waals surface area (Å²) in [6.45, 7) is 2.63. The van der Waals surface area contributed by atoms with Crippen molar-refractivity contribution >= 4 is 23.9 Å². The van der Waals surface area contributed by atoms with Crippen molar-refractivity contribution in [3.05, 3.63) is 40.7 Å². The molecular weight excluding hydrogens is 554 g/mol. The van der Waals surface area contributed by atoms with Gasteiger partial charge in [-0.2, -0.15) is 0 Å². The lowest BCUT2D eigenvalue weighted by molar-refractivity contribution is -0.181. The van der Waals surface area contributed by atoms with Gasteiger partial charge in [-0.05, 0) is 58.3 Å². The topological polar surface area (TPSA) is 189 Å². The molecule has 42 heavy (non-hydrogen) atoms. The Labute approximate surface area is 241 Å². The van der Waals surface area contributed by atoms with Crippen LogP contribution in [0.2, 0.25) is 0 Å². The molecule has 1 aromatic carbocycles. The van der Waals surface area contributed by atoms with Crippen LogP contribution in [0, 0.1) is 0 Å². The van der Waals surface area contributed by atoms with Gasteiger partial charge in [-0.25, -0.2) is 14.4 Å². The molecule has 0 aromatic heterocycles. The van der Waals surface area contributed by atoms with Gasteiger partial charge in [0.1, 0.15) is 17.6 Å². The van der Waals surface area contributed by atoms with Gasteiger partial charge in [-0.3, -0.25) is 4.79 Å². The van der Waals surface area contributed by atoms with E-state index < -0.39 is 65.7 Å². The normalized spacial score (nSPS) is 29.5. The van der Waals surface area contributed by atoms with Crippen LogP contribution < -0.4 is 4.74 Å². The van der Waals surface area contributed by atoms with Crippen LogP contribution >= 0.6 is 0 Å². The fourth-order valence-electron chi connectivity index (χ4n) is 6.92. The summed E-state index contributed by atoms with van der Waals surface area (Å²) < 4.78 is 21.9. The molecule has 0 saturated carbocycles. The maximum Gasteiger partial charge on any atom is 0.348 e. The molecule has 1 spiro atoms. The van der Waals surface area contributed by atoms with Crippen LogP contribution in [-0.4, -0.2) is 98.9 Å². The number of carboxylic acids is 1. The van der Waals surface area contributed by atoms with Gasteiger partial charge >= 0.3 is 23.9 Å². The van der Waals surface area contributed by atoms with Crippen molar-refractivity contribution in [2.24, 2.45) is 0 Å². The van der Waals surface area contributed by atoms with Gasteiger partial charge < -0.3 is 44.3 Å². The lowest BCUT2D eigenvalue weighted by atomic mass is 9.52. The van der Waals surface area contributed by atoms with Crippen LogP contribution in [0.5, 0.6) is 5.75 Å². The summed E-state index contributed by atoms with van der Waals surface area (Å²) in [5.74, 6) is -4.42. The molecule has 0 amide bonds. The van der Waals surface area contributed by atoms with E-state index in [-0.39, 0.29) is 24.8 Å². The molecule has 2 aliphatic heterocycles. The zero-order chi connectivity index (χ0) is 30.6. The Morgan fingerprint density at radius 2 is 1.90 bits per heavy atom. The van der Waals surface area contributed by atoms with E-state index in [1.807, 2.05) is 13.1 Å². The number of benzene rings is 1. The van der Waals surface area contributed by atoms with Crippen LogP contribution in [0.1, 0.15) is 56.2 Å². The second-order valence-electron chi connectivity index (χ2n) is 11.5. The van der Waals surface area contributed by atoms with Crippen molar-refractivity contribution < 1.29 is 58.6 Å². The highest BCUT2D eigenvalue weighted by molar-refractivity contribution is 5.87. The number of nitrogens with zero attached hydrogens (tertiary/aromatic N) is 1. The number of carbonyl (C=O) groups excluding carboxylic acids is 3. The number of likely N-dealkylation sites (N-methyl/N-ethyl adjacent to an activating group) is 1. The van der Waals surface area contributed by atoms with Crippen LogP contribution in [0.4, 0.5) is 0 Å². The second kappa shape index (κ2) is 11.0. The third kappa shape index (κ3) is 4.64. The SMILES string of the molecule is C[C@H](O)C(=O)O[C@@H](CC(=O)OC1=CC[C@@]2(O)[C@H]3Cc4ccc(CO)c5c4[C@@]2(CCCN3C)[C@H]1O5)C(=O)O[C@@H](C)C(=O)O. The average molecular weight is 590 g/mol. The lowest BCUT2D eigenvalue weighted by Crippen LogP contribution is -2.69. The summed E-state index contributed by atoms with van der Waals surface area (Å²) in [5, 5.41) is 41.1. The molecule has 4 aliphatic rings. The van der Waals surface area contributed by atoms with Crippen LogP contribution in [0.3, 0.4) is 0 Å². The molecule has 2 aliphatic carbocycles. The molecule has 1 saturated heterocycles. The molecule has 13 nitrogen and oxygen atoms in total. The number of hydrogen-bond donors (Lipinski definition) is 4. The number of rotatable bonds is 9. The summed E-state index contributed by atoms with van der Waals surface area (Å²) in [7, 11) is 1.97. The molecule has 13 heteroatoms. The van der Waals surface area contributed by atoms with Gasteiger partial charge in [0.2, 0.25) is 6.10 Å². The van der Waals surface area contributed by atoms with Crippen molar-refractivity contribution in [1.29, 1.82) is 0 Å². The molecule has 228 valence electrons. The number of aliphatic carboxylic acids is 1. The number of aliphatic hydroxyl groups excluding tert-OH is 2. The van der Waals surface area contributed by atoms with Crippen molar-refractivity contribution in [3.63, 3.8) is 0 Å². The minimum absolute atomic E-state index is 0.105. The predicted molar refractivity (Wildman–Crippen MR) is 141 cm³/mol.